The lowest BCUT2D eigenvalue weighted by Crippen LogP contribution is -2.46. The molecule has 7 nitrogen and oxygen atoms in total. The number of ether oxygens (including phenoxy) is 1. The third-order valence-corrected chi connectivity index (χ3v) is 3.06. The van der Waals surface area contributed by atoms with Crippen LogP contribution in [0.1, 0.15) is 33.4 Å². The van der Waals surface area contributed by atoms with Crippen LogP contribution >= 0.6 is 0 Å². The lowest BCUT2D eigenvalue weighted by Gasteiger charge is -2.21. The minimum atomic E-state index is -0.684. The van der Waals surface area contributed by atoms with Crippen LogP contribution in [0.5, 0.6) is 0 Å². The minimum absolute atomic E-state index is 0.285. The Morgan fingerprint density at radius 2 is 2.13 bits per heavy atom. The van der Waals surface area contributed by atoms with Crippen molar-refractivity contribution in [3.63, 3.8) is 0 Å². The van der Waals surface area contributed by atoms with Gasteiger partial charge < -0.3 is 20.4 Å². The summed E-state index contributed by atoms with van der Waals surface area (Å²) >= 11 is 0. The van der Waals surface area contributed by atoms with Gasteiger partial charge in [-0.05, 0) is 39.8 Å². The molecule has 0 bridgehead atoms. The minimum Gasteiger partial charge on any atom is -0.444 e. The van der Waals surface area contributed by atoms with E-state index in [-0.39, 0.29) is 5.91 Å². The SMILES string of the molecule is CC(NC(=O)OC(C)(C)C)C(=O)NCc1cc2cnccc2[nH]1. The van der Waals surface area contributed by atoms with Gasteiger partial charge in [-0.25, -0.2) is 4.79 Å². The number of aromatic nitrogens is 2. The highest BCUT2D eigenvalue weighted by Gasteiger charge is 2.20. The molecule has 1 atom stereocenters. The fraction of sp³-hybridized carbons (Fsp3) is 0.438. The fourth-order valence-electron chi connectivity index (χ4n) is 2.01. The largest absolute Gasteiger partial charge is 0.444 e. The zero-order valence-electron chi connectivity index (χ0n) is 13.8. The smallest absolute Gasteiger partial charge is 0.408 e. The zero-order valence-corrected chi connectivity index (χ0v) is 13.8. The van der Waals surface area contributed by atoms with Gasteiger partial charge in [0.05, 0.1) is 6.54 Å². The molecule has 0 saturated heterocycles. The topological polar surface area (TPSA) is 96.1 Å². The molecule has 124 valence electrons. The molecule has 3 N–H and O–H groups in total. The van der Waals surface area contributed by atoms with Crippen molar-refractivity contribution >= 4 is 22.9 Å². The van der Waals surface area contributed by atoms with Crippen LogP contribution in [-0.4, -0.2) is 33.6 Å². The second kappa shape index (κ2) is 6.68. The highest BCUT2D eigenvalue weighted by atomic mass is 16.6. The summed E-state index contributed by atoms with van der Waals surface area (Å²) in [5, 5.41) is 6.26. The summed E-state index contributed by atoms with van der Waals surface area (Å²) in [6, 6.07) is 3.11. The normalized spacial score (nSPS) is 12.7. The molecule has 2 heterocycles. The summed E-state index contributed by atoms with van der Waals surface area (Å²) in [4.78, 5) is 30.9. The number of fused-ring (bicyclic) bond motifs is 1. The number of aromatic amines is 1. The molecule has 0 spiro atoms. The monoisotopic (exact) mass is 318 g/mol. The molecule has 2 amide bonds. The predicted octanol–water partition coefficient (Wildman–Crippen LogP) is 2.09. The fourth-order valence-corrected chi connectivity index (χ4v) is 2.01. The summed E-state index contributed by atoms with van der Waals surface area (Å²) in [6.45, 7) is 7.24. The van der Waals surface area contributed by atoms with Gasteiger partial charge in [0.15, 0.2) is 0 Å². The van der Waals surface area contributed by atoms with Crippen LogP contribution in [0.25, 0.3) is 10.9 Å². The van der Waals surface area contributed by atoms with Crippen LogP contribution < -0.4 is 10.6 Å². The van der Waals surface area contributed by atoms with Crippen molar-refractivity contribution < 1.29 is 14.3 Å². The van der Waals surface area contributed by atoms with Gasteiger partial charge in [0.1, 0.15) is 11.6 Å². The Bertz CT molecular complexity index is 670. The molecule has 1 unspecified atom stereocenters. The molecule has 7 heteroatoms. The number of H-pyrrole nitrogens is 1. The number of carbonyl (C=O) groups excluding carboxylic acids is 2. The number of pyridine rings is 1. The van der Waals surface area contributed by atoms with E-state index in [0.717, 1.165) is 16.6 Å². The Balaban J connectivity index is 1.85. The predicted molar refractivity (Wildman–Crippen MR) is 86.8 cm³/mol. The van der Waals surface area contributed by atoms with Gasteiger partial charge in [-0.15, -0.1) is 0 Å². The number of nitrogens with one attached hydrogen (secondary N) is 3. The molecule has 23 heavy (non-hydrogen) atoms. The molecule has 0 aromatic carbocycles. The van der Waals surface area contributed by atoms with E-state index in [4.69, 9.17) is 4.74 Å². The maximum atomic E-state index is 12.0. The number of hydrogen-bond acceptors (Lipinski definition) is 4. The van der Waals surface area contributed by atoms with E-state index in [1.54, 1.807) is 40.1 Å². The van der Waals surface area contributed by atoms with E-state index in [2.05, 4.69) is 20.6 Å². The molecule has 2 aromatic rings. The summed E-state index contributed by atoms with van der Waals surface area (Å²) < 4.78 is 5.12. The third kappa shape index (κ3) is 4.98. The second-order valence-electron chi connectivity index (χ2n) is 6.34. The van der Waals surface area contributed by atoms with Gasteiger partial charge >= 0.3 is 6.09 Å². The van der Waals surface area contributed by atoms with E-state index >= 15 is 0 Å². The maximum absolute atomic E-state index is 12.0. The van der Waals surface area contributed by atoms with Gasteiger partial charge in [0.2, 0.25) is 5.91 Å². The molecule has 0 radical (unpaired) electrons. The summed E-state index contributed by atoms with van der Waals surface area (Å²) in [5.74, 6) is -0.285. The molecule has 0 aliphatic carbocycles. The molecule has 0 fully saturated rings. The lowest BCUT2D eigenvalue weighted by molar-refractivity contribution is -0.123. The van der Waals surface area contributed by atoms with Gasteiger partial charge in [-0.2, -0.15) is 0 Å². The van der Waals surface area contributed by atoms with Crippen molar-refractivity contribution in [2.24, 2.45) is 0 Å². The third-order valence-electron chi connectivity index (χ3n) is 3.06. The van der Waals surface area contributed by atoms with Gasteiger partial charge in [-0.3, -0.25) is 9.78 Å². The highest BCUT2D eigenvalue weighted by Crippen LogP contribution is 2.13. The summed E-state index contributed by atoms with van der Waals surface area (Å²) in [5.41, 5.74) is 1.23. The first-order valence-corrected chi connectivity index (χ1v) is 7.43. The number of carbonyl (C=O) groups is 2. The van der Waals surface area contributed by atoms with E-state index < -0.39 is 17.7 Å². The molecule has 0 aliphatic heterocycles. The van der Waals surface area contributed by atoms with Crippen LogP contribution in [0.2, 0.25) is 0 Å². The molecule has 0 saturated carbocycles. The zero-order chi connectivity index (χ0) is 17.0. The first-order chi connectivity index (χ1) is 10.7. The number of nitrogens with zero attached hydrogens (tertiary/aromatic N) is 1. The van der Waals surface area contributed by atoms with Crippen LogP contribution in [0.15, 0.2) is 24.5 Å². The van der Waals surface area contributed by atoms with E-state index in [1.807, 2.05) is 12.1 Å². The van der Waals surface area contributed by atoms with Crippen LogP contribution in [-0.2, 0) is 16.1 Å². The maximum Gasteiger partial charge on any atom is 0.408 e. The standard InChI is InChI=1S/C16H22N4O3/c1-10(19-15(22)23-16(2,3)4)14(21)18-9-12-7-11-8-17-6-5-13(11)20-12/h5-8,10,20H,9H2,1-4H3,(H,18,21)(H,19,22). The van der Waals surface area contributed by atoms with E-state index in [0.29, 0.717) is 6.54 Å². The van der Waals surface area contributed by atoms with Crippen molar-refractivity contribution in [3.8, 4) is 0 Å². The van der Waals surface area contributed by atoms with Crippen LogP contribution in [0.4, 0.5) is 4.79 Å². The Labute approximate surface area is 134 Å². The highest BCUT2D eigenvalue weighted by molar-refractivity contribution is 5.85. The van der Waals surface area contributed by atoms with Crippen LogP contribution in [0.3, 0.4) is 0 Å². The average molecular weight is 318 g/mol. The number of hydrogen-bond donors (Lipinski definition) is 3. The quantitative estimate of drug-likeness (QED) is 0.804. The number of rotatable bonds is 4. The molecule has 0 aliphatic rings. The lowest BCUT2D eigenvalue weighted by atomic mass is 10.2. The summed E-state index contributed by atoms with van der Waals surface area (Å²) in [7, 11) is 0. The molecular formula is C16H22N4O3. The van der Waals surface area contributed by atoms with Crippen molar-refractivity contribution in [3.05, 3.63) is 30.2 Å². The number of alkyl carbamates (subject to hydrolysis) is 1. The second-order valence-corrected chi connectivity index (χ2v) is 6.34. The van der Waals surface area contributed by atoms with E-state index in [9.17, 15) is 9.59 Å². The Morgan fingerprint density at radius 1 is 1.39 bits per heavy atom. The van der Waals surface area contributed by atoms with E-state index in [1.165, 1.54) is 0 Å². The van der Waals surface area contributed by atoms with Crippen molar-refractivity contribution in [2.45, 2.75) is 45.9 Å². The molecule has 2 rings (SSSR count). The van der Waals surface area contributed by atoms with Crippen LogP contribution in [0, 0.1) is 0 Å². The Kier molecular flexibility index (Phi) is 4.88. The Morgan fingerprint density at radius 3 is 2.78 bits per heavy atom. The van der Waals surface area contributed by atoms with Gasteiger partial charge in [-0.1, -0.05) is 0 Å². The Hall–Kier alpha value is -2.57. The summed E-state index contributed by atoms with van der Waals surface area (Å²) in [6.07, 6.45) is 2.84. The van der Waals surface area contributed by atoms with Crippen molar-refractivity contribution in [1.29, 1.82) is 0 Å². The van der Waals surface area contributed by atoms with Crippen molar-refractivity contribution in [2.75, 3.05) is 0 Å². The van der Waals surface area contributed by atoms with Gasteiger partial charge in [0.25, 0.3) is 0 Å². The molecule has 2 aromatic heterocycles. The first-order valence-electron chi connectivity index (χ1n) is 7.43. The first kappa shape index (κ1) is 16.8. The number of amides is 2. The average Bonchev–Trinajstić information content (AvgIpc) is 2.85. The van der Waals surface area contributed by atoms with Gasteiger partial charge in [0, 0.05) is 29.0 Å². The molecular weight excluding hydrogens is 296 g/mol. The van der Waals surface area contributed by atoms with Crippen molar-refractivity contribution in [1.82, 2.24) is 20.6 Å².